The van der Waals surface area contributed by atoms with Crippen LogP contribution in [0.4, 0.5) is 5.69 Å². The molecule has 2 N–H and O–H groups in total. The molecule has 3 rings (SSSR count). The molecule has 0 aliphatic rings. The van der Waals surface area contributed by atoms with E-state index in [2.05, 4.69) is 27.9 Å². The molecule has 0 saturated heterocycles. The second kappa shape index (κ2) is 9.09. The second-order valence-electron chi connectivity index (χ2n) is 5.68. The summed E-state index contributed by atoms with van der Waals surface area (Å²) in [6, 6.07) is 8.73. The van der Waals surface area contributed by atoms with Crippen LogP contribution in [0.25, 0.3) is 10.4 Å². The van der Waals surface area contributed by atoms with Crippen molar-refractivity contribution in [2.45, 2.75) is 0 Å². The minimum Gasteiger partial charge on any atom is -0.494 e. The number of carbonyl (C=O) groups excluding carboxylic acids is 1. The molecule has 5 nitrogen and oxygen atoms in total. The van der Waals surface area contributed by atoms with Gasteiger partial charge in [-0.3, -0.25) is 4.79 Å². The van der Waals surface area contributed by atoms with Crippen molar-refractivity contribution in [2.24, 2.45) is 0 Å². The third-order valence-corrected chi connectivity index (χ3v) is 6.61. The van der Waals surface area contributed by atoms with Crippen LogP contribution in [0, 0.1) is 3.57 Å². The number of ether oxygens (including phenoxy) is 1. The molecular weight excluding hydrogens is 572 g/mol. The minimum atomic E-state index is -1.17. The summed E-state index contributed by atoms with van der Waals surface area (Å²) in [6.45, 7) is 0. The van der Waals surface area contributed by atoms with Crippen molar-refractivity contribution in [3.63, 3.8) is 0 Å². The number of aromatic carboxylic acids is 1. The van der Waals surface area contributed by atoms with E-state index in [1.165, 1.54) is 24.5 Å². The van der Waals surface area contributed by atoms with Crippen molar-refractivity contribution in [3.8, 4) is 16.2 Å². The molecule has 1 amide bonds. The molecule has 0 radical (unpaired) electrons. The minimum absolute atomic E-state index is 0.0160. The van der Waals surface area contributed by atoms with Gasteiger partial charge in [-0.1, -0.05) is 46.9 Å². The maximum atomic E-state index is 12.8. The number of nitrogens with one attached hydrogen (secondary N) is 1. The molecule has 0 saturated carbocycles. The molecule has 0 aliphatic heterocycles. The van der Waals surface area contributed by atoms with Gasteiger partial charge in [-0.25, -0.2) is 4.79 Å². The van der Waals surface area contributed by atoms with E-state index in [0.29, 0.717) is 4.88 Å². The summed E-state index contributed by atoms with van der Waals surface area (Å²) in [6.07, 6.45) is 0. The fraction of sp³-hybridized carbons (Fsp3) is 0.0526. The predicted octanol–water partition coefficient (Wildman–Crippen LogP) is 6.94. The van der Waals surface area contributed by atoms with Crippen molar-refractivity contribution >= 4 is 86.3 Å². The molecule has 10 heteroatoms. The second-order valence-corrected chi connectivity index (χ2v) is 9.00. The average Bonchev–Trinajstić information content (AvgIpc) is 3.06. The van der Waals surface area contributed by atoms with E-state index >= 15 is 0 Å². The normalized spacial score (nSPS) is 10.7. The topological polar surface area (TPSA) is 75.6 Å². The van der Waals surface area contributed by atoms with E-state index in [9.17, 15) is 14.7 Å². The Morgan fingerprint density at radius 3 is 2.34 bits per heavy atom. The van der Waals surface area contributed by atoms with E-state index in [1.807, 2.05) is 24.3 Å². The van der Waals surface area contributed by atoms with Gasteiger partial charge in [-0.15, -0.1) is 11.3 Å². The van der Waals surface area contributed by atoms with E-state index in [0.717, 1.165) is 9.13 Å². The first-order chi connectivity index (χ1) is 13.7. The smallest absolute Gasteiger partial charge is 0.339 e. The fourth-order valence-corrected chi connectivity index (χ4v) is 5.08. The Bertz CT molecular complexity index is 1120. The lowest BCUT2D eigenvalue weighted by molar-refractivity contribution is 0.0699. The number of thiophene rings is 1. The SMILES string of the molecule is COc1c(Cl)cc(Cl)c(C(=O)Nc2csc(-c3ccc(I)cc3)c2C(=O)O)c1Cl. The third kappa shape index (κ3) is 4.49. The van der Waals surface area contributed by atoms with Crippen LogP contribution in [-0.2, 0) is 0 Å². The van der Waals surface area contributed by atoms with Gasteiger partial charge < -0.3 is 15.2 Å². The van der Waals surface area contributed by atoms with E-state index in [-0.39, 0.29) is 37.6 Å². The van der Waals surface area contributed by atoms with Crippen molar-refractivity contribution < 1.29 is 19.4 Å². The zero-order valence-electron chi connectivity index (χ0n) is 14.6. The number of anilines is 1. The Balaban J connectivity index is 2.02. The van der Waals surface area contributed by atoms with Crippen LogP contribution >= 0.6 is 68.7 Å². The number of hydrogen-bond donors (Lipinski definition) is 2. The zero-order chi connectivity index (χ0) is 21.3. The van der Waals surface area contributed by atoms with Gasteiger partial charge in [-0.2, -0.15) is 0 Å². The van der Waals surface area contributed by atoms with Crippen molar-refractivity contribution in [3.05, 3.63) is 65.5 Å². The Hall–Kier alpha value is -1.52. The molecule has 1 heterocycles. The fourth-order valence-electron chi connectivity index (χ4n) is 2.63. The van der Waals surface area contributed by atoms with Crippen LogP contribution < -0.4 is 10.1 Å². The first kappa shape index (κ1) is 22.2. The van der Waals surface area contributed by atoms with Crippen LogP contribution in [0.2, 0.25) is 15.1 Å². The zero-order valence-corrected chi connectivity index (χ0v) is 19.8. The van der Waals surface area contributed by atoms with E-state index in [1.54, 1.807) is 5.38 Å². The summed E-state index contributed by atoms with van der Waals surface area (Å²) >= 11 is 21.8. The number of carboxylic acid groups (broad SMARTS) is 1. The van der Waals surface area contributed by atoms with Crippen molar-refractivity contribution in [1.82, 2.24) is 0 Å². The summed E-state index contributed by atoms with van der Waals surface area (Å²) in [5.41, 5.74) is 0.797. The Kier molecular flexibility index (Phi) is 6.95. The molecule has 3 aromatic rings. The number of rotatable bonds is 5. The number of carboxylic acids is 1. The molecule has 1 aromatic heterocycles. The van der Waals surface area contributed by atoms with Gasteiger partial charge in [0, 0.05) is 8.95 Å². The summed E-state index contributed by atoms with van der Waals surface area (Å²) in [7, 11) is 1.36. The Morgan fingerprint density at radius 1 is 1.10 bits per heavy atom. The molecule has 0 bridgehead atoms. The van der Waals surface area contributed by atoms with Gasteiger partial charge >= 0.3 is 5.97 Å². The van der Waals surface area contributed by atoms with Crippen molar-refractivity contribution in [1.29, 1.82) is 0 Å². The van der Waals surface area contributed by atoms with Gasteiger partial charge in [0.1, 0.15) is 5.56 Å². The highest BCUT2D eigenvalue weighted by Gasteiger charge is 2.25. The Morgan fingerprint density at radius 2 is 1.76 bits per heavy atom. The molecule has 0 atom stereocenters. The third-order valence-electron chi connectivity index (χ3n) is 3.92. The summed E-state index contributed by atoms with van der Waals surface area (Å²) < 4.78 is 6.13. The summed E-state index contributed by atoms with van der Waals surface area (Å²) in [5, 5.41) is 14.0. The van der Waals surface area contributed by atoms with Crippen LogP contribution in [0.15, 0.2) is 35.7 Å². The molecule has 0 aliphatic carbocycles. The van der Waals surface area contributed by atoms with E-state index in [4.69, 9.17) is 39.5 Å². The van der Waals surface area contributed by atoms with Crippen molar-refractivity contribution in [2.75, 3.05) is 12.4 Å². The highest BCUT2D eigenvalue weighted by atomic mass is 127. The van der Waals surface area contributed by atoms with Gasteiger partial charge in [0.15, 0.2) is 5.75 Å². The van der Waals surface area contributed by atoms with Crippen LogP contribution in [0.1, 0.15) is 20.7 Å². The highest BCUT2D eigenvalue weighted by molar-refractivity contribution is 14.1. The number of carbonyl (C=O) groups is 2. The largest absolute Gasteiger partial charge is 0.494 e. The summed E-state index contributed by atoms with van der Waals surface area (Å²) in [5.74, 6) is -1.74. The van der Waals surface area contributed by atoms with Gasteiger partial charge in [0.05, 0.1) is 38.3 Å². The molecule has 0 fully saturated rings. The molecule has 2 aromatic carbocycles. The average molecular weight is 583 g/mol. The molecular formula is C19H11Cl3INO4S. The number of methoxy groups -OCH3 is 1. The standard InChI is InChI=1S/C19H11Cl3INO4S/c1-28-16-11(21)6-10(20)13(15(16)22)18(25)24-12-7-29-17(14(12)19(26)27)8-2-4-9(23)5-3-8/h2-7H,1H3,(H,24,25)(H,26,27). The molecule has 0 spiro atoms. The van der Waals surface area contributed by atoms with Crippen LogP contribution in [-0.4, -0.2) is 24.1 Å². The maximum Gasteiger partial charge on any atom is 0.339 e. The monoisotopic (exact) mass is 581 g/mol. The maximum absolute atomic E-state index is 12.8. The quantitative estimate of drug-likeness (QED) is 0.320. The van der Waals surface area contributed by atoms with Crippen LogP contribution in [0.5, 0.6) is 5.75 Å². The first-order valence-corrected chi connectivity index (χ1v) is 11.0. The van der Waals surface area contributed by atoms with Crippen LogP contribution in [0.3, 0.4) is 0 Å². The van der Waals surface area contributed by atoms with Gasteiger partial charge in [0.2, 0.25) is 0 Å². The lowest BCUT2D eigenvalue weighted by atomic mass is 10.1. The summed E-state index contributed by atoms with van der Waals surface area (Å²) in [4.78, 5) is 25.3. The number of amides is 1. The number of benzene rings is 2. The van der Waals surface area contributed by atoms with E-state index < -0.39 is 11.9 Å². The predicted molar refractivity (Wildman–Crippen MR) is 125 cm³/mol. The number of halogens is 4. The highest BCUT2D eigenvalue weighted by Crippen LogP contribution is 2.41. The lowest BCUT2D eigenvalue weighted by Crippen LogP contribution is -2.15. The molecule has 150 valence electrons. The first-order valence-electron chi connectivity index (χ1n) is 7.88. The van der Waals surface area contributed by atoms with Gasteiger partial charge in [-0.05, 0) is 46.4 Å². The Labute approximate surface area is 198 Å². The molecule has 29 heavy (non-hydrogen) atoms. The molecule has 0 unspecified atom stereocenters. The lowest BCUT2D eigenvalue weighted by Gasteiger charge is -2.13. The van der Waals surface area contributed by atoms with Gasteiger partial charge in [0.25, 0.3) is 5.91 Å². The number of hydrogen-bond acceptors (Lipinski definition) is 4.